The van der Waals surface area contributed by atoms with Gasteiger partial charge in [-0.25, -0.2) is 8.78 Å². The van der Waals surface area contributed by atoms with E-state index in [0.29, 0.717) is 6.61 Å². The van der Waals surface area contributed by atoms with Gasteiger partial charge in [-0.2, -0.15) is 15.0 Å². The Bertz CT molecular complexity index is 380. The number of ether oxygens (including phenoxy) is 1. The molecule has 1 aromatic rings. The quantitative estimate of drug-likeness (QED) is 0.709. The topological polar surface area (TPSA) is 97.4 Å². The number of aromatic nitrogens is 3. The molecule has 18 heavy (non-hydrogen) atoms. The zero-order valence-electron chi connectivity index (χ0n) is 9.88. The maximum Gasteiger partial charge on any atom is 0.323 e. The van der Waals surface area contributed by atoms with Crippen LogP contribution in [0, 0.1) is 0 Å². The molecule has 1 heterocycles. The summed E-state index contributed by atoms with van der Waals surface area (Å²) in [5, 5.41) is 8.83. The van der Waals surface area contributed by atoms with Gasteiger partial charge in [0.25, 0.3) is 6.43 Å². The first kappa shape index (κ1) is 14.3. The van der Waals surface area contributed by atoms with E-state index in [2.05, 4.69) is 15.0 Å². The van der Waals surface area contributed by atoms with E-state index < -0.39 is 13.0 Å². The molecule has 0 saturated heterocycles. The van der Waals surface area contributed by atoms with Crippen LogP contribution in [0.4, 0.5) is 20.7 Å². The molecule has 0 saturated carbocycles. The van der Waals surface area contributed by atoms with Gasteiger partial charge in [-0.15, -0.1) is 0 Å². The van der Waals surface area contributed by atoms with Gasteiger partial charge in [0, 0.05) is 6.54 Å². The van der Waals surface area contributed by atoms with Crippen LogP contribution in [0.1, 0.15) is 6.92 Å². The van der Waals surface area contributed by atoms with Crippen molar-refractivity contribution < 1.29 is 18.6 Å². The maximum absolute atomic E-state index is 12.4. The molecule has 1 rings (SSSR count). The zero-order valence-corrected chi connectivity index (χ0v) is 9.88. The summed E-state index contributed by atoms with van der Waals surface area (Å²) < 4.78 is 29.8. The van der Waals surface area contributed by atoms with Crippen LogP contribution < -0.4 is 15.4 Å². The number of anilines is 2. The normalized spacial score (nSPS) is 10.7. The molecule has 0 aliphatic rings. The molecule has 0 aliphatic heterocycles. The molecule has 1 aromatic heterocycles. The van der Waals surface area contributed by atoms with Crippen LogP contribution in [0.25, 0.3) is 0 Å². The monoisotopic (exact) mass is 263 g/mol. The Balaban J connectivity index is 2.95. The maximum atomic E-state index is 12.4. The Morgan fingerprint density at radius 1 is 1.39 bits per heavy atom. The highest BCUT2D eigenvalue weighted by Gasteiger charge is 2.17. The molecule has 0 bridgehead atoms. The van der Waals surface area contributed by atoms with Gasteiger partial charge in [-0.3, -0.25) is 0 Å². The second-order valence-corrected chi connectivity index (χ2v) is 3.27. The summed E-state index contributed by atoms with van der Waals surface area (Å²) in [5.74, 6) is -0.166. The number of alkyl halides is 2. The van der Waals surface area contributed by atoms with Gasteiger partial charge in [0.15, 0.2) is 0 Å². The first-order valence-corrected chi connectivity index (χ1v) is 5.35. The highest BCUT2D eigenvalue weighted by molar-refractivity contribution is 5.36. The third-order valence-corrected chi connectivity index (χ3v) is 1.90. The summed E-state index contributed by atoms with van der Waals surface area (Å²) in [4.78, 5) is 12.4. The van der Waals surface area contributed by atoms with Crippen molar-refractivity contribution in [3.63, 3.8) is 0 Å². The van der Waals surface area contributed by atoms with E-state index in [1.807, 2.05) is 0 Å². The highest BCUT2D eigenvalue weighted by Crippen LogP contribution is 2.14. The lowest BCUT2D eigenvalue weighted by Crippen LogP contribution is -2.33. The molecular weight excluding hydrogens is 248 g/mol. The average molecular weight is 263 g/mol. The molecule has 9 heteroatoms. The summed E-state index contributed by atoms with van der Waals surface area (Å²) in [5.41, 5.74) is 5.44. The zero-order chi connectivity index (χ0) is 13.5. The van der Waals surface area contributed by atoms with E-state index in [9.17, 15) is 8.78 Å². The number of nitrogen functional groups attached to an aromatic ring is 1. The van der Waals surface area contributed by atoms with E-state index in [1.54, 1.807) is 6.92 Å². The number of aliphatic hydroxyl groups excluding tert-OH is 1. The number of rotatable bonds is 7. The second kappa shape index (κ2) is 6.84. The van der Waals surface area contributed by atoms with Gasteiger partial charge in [-0.05, 0) is 6.92 Å². The molecule has 0 fully saturated rings. The van der Waals surface area contributed by atoms with E-state index in [4.69, 9.17) is 15.6 Å². The van der Waals surface area contributed by atoms with Crippen molar-refractivity contribution in [1.29, 1.82) is 0 Å². The summed E-state index contributed by atoms with van der Waals surface area (Å²) in [6.45, 7) is 1.11. The van der Waals surface area contributed by atoms with Crippen LogP contribution >= 0.6 is 0 Å². The molecule has 0 radical (unpaired) electrons. The first-order valence-electron chi connectivity index (χ1n) is 5.35. The van der Waals surface area contributed by atoms with Crippen LogP contribution in [0.5, 0.6) is 6.01 Å². The van der Waals surface area contributed by atoms with E-state index in [0.717, 1.165) is 4.90 Å². The van der Waals surface area contributed by atoms with Crippen LogP contribution in [-0.4, -0.2) is 52.8 Å². The predicted octanol–water partition coefficient (Wildman–Crippen LogP) is -0.0837. The Kier molecular flexibility index (Phi) is 5.43. The average Bonchev–Trinajstić information content (AvgIpc) is 2.27. The fraction of sp³-hybridized carbons (Fsp3) is 0.667. The summed E-state index contributed by atoms with van der Waals surface area (Å²) in [6.07, 6.45) is -2.58. The Labute approximate surface area is 103 Å². The lowest BCUT2D eigenvalue weighted by molar-refractivity contribution is 0.152. The van der Waals surface area contributed by atoms with Crippen molar-refractivity contribution in [2.45, 2.75) is 13.3 Å². The largest absolute Gasteiger partial charge is 0.464 e. The van der Waals surface area contributed by atoms with Crippen LogP contribution in [0.2, 0.25) is 0 Å². The van der Waals surface area contributed by atoms with Crippen molar-refractivity contribution in [3.05, 3.63) is 0 Å². The SMILES string of the molecule is CCOc1nc(N)nc(N(CCO)CC(F)F)n1. The molecule has 7 nitrogen and oxygen atoms in total. The molecule has 0 aromatic carbocycles. The van der Waals surface area contributed by atoms with Crippen molar-refractivity contribution in [1.82, 2.24) is 15.0 Å². The van der Waals surface area contributed by atoms with Gasteiger partial charge in [-0.1, -0.05) is 0 Å². The summed E-state index contributed by atoms with van der Waals surface area (Å²) in [7, 11) is 0. The van der Waals surface area contributed by atoms with Gasteiger partial charge >= 0.3 is 6.01 Å². The molecule has 0 aliphatic carbocycles. The number of aliphatic hydroxyl groups is 1. The molecule has 0 amide bonds. The van der Waals surface area contributed by atoms with Crippen molar-refractivity contribution in [2.75, 3.05) is 36.9 Å². The van der Waals surface area contributed by atoms with Gasteiger partial charge < -0.3 is 20.5 Å². The lowest BCUT2D eigenvalue weighted by Gasteiger charge is -2.21. The third-order valence-electron chi connectivity index (χ3n) is 1.90. The van der Waals surface area contributed by atoms with E-state index in [-0.39, 0.29) is 31.1 Å². The molecule has 0 spiro atoms. The van der Waals surface area contributed by atoms with Crippen LogP contribution in [0.3, 0.4) is 0 Å². The fourth-order valence-corrected chi connectivity index (χ4v) is 1.26. The Hall–Kier alpha value is -1.77. The minimum absolute atomic E-state index is 0.0284. The first-order chi connectivity index (χ1) is 8.56. The minimum Gasteiger partial charge on any atom is -0.464 e. The Morgan fingerprint density at radius 2 is 2.11 bits per heavy atom. The smallest absolute Gasteiger partial charge is 0.323 e. The fourth-order valence-electron chi connectivity index (χ4n) is 1.26. The van der Waals surface area contributed by atoms with Crippen LogP contribution in [-0.2, 0) is 0 Å². The van der Waals surface area contributed by atoms with Gasteiger partial charge in [0.05, 0.1) is 19.8 Å². The van der Waals surface area contributed by atoms with E-state index in [1.165, 1.54) is 0 Å². The van der Waals surface area contributed by atoms with Gasteiger partial charge in [0.2, 0.25) is 11.9 Å². The number of halogens is 2. The molecule has 102 valence electrons. The van der Waals surface area contributed by atoms with E-state index >= 15 is 0 Å². The number of nitrogens with zero attached hydrogens (tertiary/aromatic N) is 4. The predicted molar refractivity (Wildman–Crippen MR) is 60.7 cm³/mol. The number of nitrogens with two attached hydrogens (primary N) is 1. The minimum atomic E-state index is -2.58. The van der Waals surface area contributed by atoms with Crippen LogP contribution in [0.15, 0.2) is 0 Å². The molecule has 0 unspecified atom stereocenters. The Morgan fingerprint density at radius 3 is 2.67 bits per heavy atom. The lowest BCUT2D eigenvalue weighted by atomic mass is 10.5. The molecule has 0 atom stereocenters. The van der Waals surface area contributed by atoms with Crippen molar-refractivity contribution in [3.8, 4) is 6.01 Å². The van der Waals surface area contributed by atoms with Crippen molar-refractivity contribution >= 4 is 11.9 Å². The number of hydrogen-bond acceptors (Lipinski definition) is 7. The molecular formula is C9H15F2N5O2. The molecule has 3 N–H and O–H groups in total. The number of hydrogen-bond donors (Lipinski definition) is 2. The summed E-state index contributed by atoms with van der Waals surface area (Å²) in [6, 6.07) is -0.0304. The third kappa shape index (κ3) is 4.24. The van der Waals surface area contributed by atoms with Crippen molar-refractivity contribution in [2.24, 2.45) is 0 Å². The summed E-state index contributed by atoms with van der Waals surface area (Å²) >= 11 is 0. The standard InChI is InChI=1S/C9H15F2N5O2/c1-2-18-9-14-7(12)13-8(15-9)16(3-4-17)5-6(10)11/h6,17H,2-5H2,1H3,(H2,12,13,14,15). The van der Waals surface area contributed by atoms with Gasteiger partial charge in [0.1, 0.15) is 0 Å². The highest BCUT2D eigenvalue weighted by atomic mass is 19.3. The second-order valence-electron chi connectivity index (χ2n) is 3.27.